The molecule has 6 heteroatoms. The van der Waals surface area contributed by atoms with Crippen molar-refractivity contribution in [2.45, 2.75) is 37.7 Å². The highest BCUT2D eigenvalue weighted by molar-refractivity contribution is 7.17. The van der Waals surface area contributed by atoms with Crippen LogP contribution in [0.5, 0.6) is 0 Å². The van der Waals surface area contributed by atoms with Gasteiger partial charge in [0.2, 0.25) is 0 Å². The summed E-state index contributed by atoms with van der Waals surface area (Å²) in [5.41, 5.74) is 3.13. The normalized spacial score (nSPS) is 21.4. The van der Waals surface area contributed by atoms with Crippen molar-refractivity contribution in [2.75, 3.05) is 25.5 Å². The number of aromatic nitrogens is 1. The quantitative estimate of drug-likeness (QED) is 0.867. The van der Waals surface area contributed by atoms with Crippen molar-refractivity contribution in [3.8, 4) is 0 Å². The number of nitrogens with zero attached hydrogens (tertiary/aromatic N) is 2. The molecule has 2 heterocycles. The van der Waals surface area contributed by atoms with Gasteiger partial charge in [-0.25, -0.2) is 4.98 Å². The maximum absolute atomic E-state index is 12.9. The molecule has 1 aliphatic heterocycles. The molecule has 1 spiro atoms. The third-order valence-electron chi connectivity index (χ3n) is 5.75. The lowest BCUT2D eigenvalue weighted by Gasteiger charge is -2.42. The molecule has 1 amide bonds. The van der Waals surface area contributed by atoms with Gasteiger partial charge in [0.05, 0.1) is 11.8 Å². The molecule has 4 rings (SSSR count). The van der Waals surface area contributed by atoms with Gasteiger partial charge in [0.15, 0.2) is 5.13 Å². The monoisotopic (exact) mass is 357 g/mol. The standard InChI is InChI=1S/C19H23N3O2S/c1-12-16(25-18(20-2)21-12)17(24)22-9-7-19(8-10-22)14-6-4-3-5-13(14)11-15(19)23/h3-6,15,23H,7-11H2,1-2H3,(H,20,21)/t15-/m0/s1. The summed E-state index contributed by atoms with van der Waals surface area (Å²) in [6.07, 6.45) is 2.01. The number of aliphatic hydroxyl groups excluding tert-OH is 1. The minimum absolute atomic E-state index is 0.0621. The second-order valence-electron chi connectivity index (χ2n) is 7.01. The highest BCUT2D eigenvalue weighted by Gasteiger charge is 2.48. The molecule has 132 valence electrons. The maximum atomic E-state index is 12.9. The van der Waals surface area contributed by atoms with Gasteiger partial charge in [-0.3, -0.25) is 4.79 Å². The van der Waals surface area contributed by atoms with Crippen molar-refractivity contribution < 1.29 is 9.90 Å². The number of hydrogen-bond acceptors (Lipinski definition) is 5. The van der Waals surface area contributed by atoms with Crippen molar-refractivity contribution in [1.82, 2.24) is 9.88 Å². The Bertz CT molecular complexity index is 809. The summed E-state index contributed by atoms with van der Waals surface area (Å²) in [6, 6.07) is 8.35. The highest BCUT2D eigenvalue weighted by Crippen LogP contribution is 2.46. The molecule has 2 N–H and O–H groups in total. The van der Waals surface area contributed by atoms with E-state index in [1.165, 1.54) is 22.5 Å². The van der Waals surface area contributed by atoms with Gasteiger partial charge in [0, 0.05) is 25.6 Å². The molecule has 1 saturated heterocycles. The molecule has 1 aromatic carbocycles. The van der Waals surface area contributed by atoms with E-state index in [4.69, 9.17) is 0 Å². The number of carbonyl (C=O) groups excluding carboxylic acids is 1. The van der Waals surface area contributed by atoms with Crippen LogP contribution in [0.3, 0.4) is 0 Å². The molecule has 0 bridgehead atoms. The molecule has 0 unspecified atom stereocenters. The van der Waals surface area contributed by atoms with Crippen LogP contribution in [0.4, 0.5) is 5.13 Å². The van der Waals surface area contributed by atoms with E-state index in [0.29, 0.717) is 18.0 Å². The van der Waals surface area contributed by atoms with Crippen LogP contribution in [0, 0.1) is 6.92 Å². The Morgan fingerprint density at radius 3 is 2.76 bits per heavy atom. The lowest BCUT2D eigenvalue weighted by molar-refractivity contribution is 0.0367. The van der Waals surface area contributed by atoms with Crippen LogP contribution >= 0.6 is 11.3 Å². The Labute approximate surface area is 151 Å². The second kappa shape index (κ2) is 6.11. The van der Waals surface area contributed by atoms with E-state index in [1.54, 1.807) is 0 Å². The minimum Gasteiger partial charge on any atom is -0.392 e. The van der Waals surface area contributed by atoms with E-state index in [1.807, 2.05) is 24.9 Å². The Balaban J connectivity index is 1.54. The zero-order chi connectivity index (χ0) is 17.6. The van der Waals surface area contributed by atoms with Crippen LogP contribution < -0.4 is 5.32 Å². The number of piperidine rings is 1. The first-order chi connectivity index (χ1) is 12.0. The number of carbonyl (C=O) groups is 1. The fourth-order valence-corrected chi connectivity index (χ4v) is 5.21. The predicted octanol–water partition coefficient (Wildman–Crippen LogP) is 2.58. The first kappa shape index (κ1) is 16.5. The molecular weight excluding hydrogens is 334 g/mol. The summed E-state index contributed by atoms with van der Waals surface area (Å²) in [5.74, 6) is 0.0621. The van der Waals surface area contributed by atoms with Gasteiger partial charge in [0.1, 0.15) is 4.88 Å². The van der Waals surface area contributed by atoms with Gasteiger partial charge in [-0.05, 0) is 37.3 Å². The van der Waals surface area contributed by atoms with Crippen LogP contribution in [0.15, 0.2) is 24.3 Å². The predicted molar refractivity (Wildman–Crippen MR) is 99.4 cm³/mol. The molecule has 2 aliphatic rings. The minimum atomic E-state index is -0.344. The van der Waals surface area contributed by atoms with Crippen molar-refractivity contribution in [3.05, 3.63) is 46.0 Å². The number of amides is 1. The fourth-order valence-electron chi connectivity index (χ4n) is 4.32. The van der Waals surface area contributed by atoms with Crippen molar-refractivity contribution in [2.24, 2.45) is 0 Å². The van der Waals surface area contributed by atoms with Gasteiger partial charge >= 0.3 is 0 Å². The molecule has 25 heavy (non-hydrogen) atoms. The second-order valence-corrected chi connectivity index (χ2v) is 8.01. The molecule has 1 fully saturated rings. The number of aryl methyl sites for hydroxylation is 1. The van der Waals surface area contributed by atoms with Gasteiger partial charge < -0.3 is 15.3 Å². The number of nitrogens with one attached hydrogen (secondary N) is 1. The zero-order valence-electron chi connectivity index (χ0n) is 14.6. The fraction of sp³-hybridized carbons (Fsp3) is 0.474. The average molecular weight is 357 g/mol. The molecule has 0 saturated carbocycles. The Hall–Kier alpha value is -1.92. The topological polar surface area (TPSA) is 65.5 Å². The summed E-state index contributed by atoms with van der Waals surface area (Å²) in [6.45, 7) is 3.24. The van der Waals surface area contributed by atoms with Crippen molar-refractivity contribution >= 4 is 22.4 Å². The number of likely N-dealkylation sites (tertiary alicyclic amines) is 1. The van der Waals surface area contributed by atoms with Crippen LogP contribution in [-0.4, -0.2) is 47.1 Å². The Kier molecular flexibility index (Phi) is 4.04. The number of hydrogen-bond donors (Lipinski definition) is 2. The SMILES string of the molecule is CNc1nc(C)c(C(=O)N2CCC3(CC2)c2ccccc2C[C@@H]3O)s1. The number of anilines is 1. The van der Waals surface area contributed by atoms with Gasteiger partial charge in [0.25, 0.3) is 5.91 Å². The Morgan fingerprint density at radius 2 is 2.08 bits per heavy atom. The first-order valence-electron chi connectivity index (χ1n) is 8.76. The Morgan fingerprint density at radius 1 is 1.36 bits per heavy atom. The van der Waals surface area contributed by atoms with Crippen LogP contribution in [-0.2, 0) is 11.8 Å². The van der Waals surface area contributed by atoms with Crippen LogP contribution in [0.1, 0.15) is 39.3 Å². The number of benzene rings is 1. The number of thiazole rings is 1. The van der Waals surface area contributed by atoms with Crippen LogP contribution in [0.25, 0.3) is 0 Å². The summed E-state index contributed by atoms with van der Waals surface area (Å²) in [4.78, 5) is 19.9. The number of rotatable bonds is 2. The van der Waals surface area contributed by atoms with E-state index in [2.05, 4.69) is 28.5 Å². The maximum Gasteiger partial charge on any atom is 0.265 e. The molecule has 2 aromatic rings. The van der Waals surface area contributed by atoms with Gasteiger partial charge in [-0.1, -0.05) is 35.6 Å². The molecule has 5 nitrogen and oxygen atoms in total. The lowest BCUT2D eigenvalue weighted by atomic mass is 9.72. The zero-order valence-corrected chi connectivity index (χ0v) is 15.4. The van der Waals surface area contributed by atoms with E-state index in [0.717, 1.165) is 30.1 Å². The summed E-state index contributed by atoms with van der Waals surface area (Å²) in [5, 5.41) is 14.5. The summed E-state index contributed by atoms with van der Waals surface area (Å²) >= 11 is 1.41. The van der Waals surface area contributed by atoms with Gasteiger partial charge in [-0.15, -0.1) is 0 Å². The average Bonchev–Trinajstić information content (AvgIpc) is 3.14. The molecular formula is C19H23N3O2S. The van der Waals surface area contributed by atoms with E-state index >= 15 is 0 Å². The van der Waals surface area contributed by atoms with E-state index in [9.17, 15) is 9.90 Å². The molecule has 1 atom stereocenters. The summed E-state index contributed by atoms with van der Waals surface area (Å²) < 4.78 is 0. The van der Waals surface area contributed by atoms with E-state index < -0.39 is 0 Å². The number of fused-ring (bicyclic) bond motifs is 2. The third kappa shape index (κ3) is 2.55. The van der Waals surface area contributed by atoms with Crippen LogP contribution in [0.2, 0.25) is 0 Å². The molecule has 1 aliphatic carbocycles. The first-order valence-corrected chi connectivity index (χ1v) is 9.58. The molecule has 0 radical (unpaired) electrons. The lowest BCUT2D eigenvalue weighted by Crippen LogP contribution is -2.49. The van der Waals surface area contributed by atoms with Gasteiger partial charge in [-0.2, -0.15) is 0 Å². The largest absolute Gasteiger partial charge is 0.392 e. The van der Waals surface area contributed by atoms with Crippen molar-refractivity contribution in [3.63, 3.8) is 0 Å². The van der Waals surface area contributed by atoms with Crippen molar-refractivity contribution in [1.29, 1.82) is 0 Å². The highest BCUT2D eigenvalue weighted by atomic mass is 32.1. The smallest absolute Gasteiger partial charge is 0.265 e. The third-order valence-corrected chi connectivity index (χ3v) is 6.92. The molecule has 1 aromatic heterocycles. The number of aliphatic hydroxyl groups is 1. The van der Waals surface area contributed by atoms with E-state index in [-0.39, 0.29) is 17.4 Å². The summed E-state index contributed by atoms with van der Waals surface area (Å²) in [7, 11) is 1.82.